The Hall–Kier alpha value is -1.37. The van der Waals surface area contributed by atoms with E-state index in [1.807, 2.05) is 13.8 Å². The van der Waals surface area contributed by atoms with Crippen molar-refractivity contribution < 1.29 is 17.7 Å². The molecule has 1 aliphatic rings. The zero-order chi connectivity index (χ0) is 15.6. The summed E-state index contributed by atoms with van der Waals surface area (Å²) in [6.07, 6.45) is 1.32. The fourth-order valence-corrected chi connectivity index (χ4v) is 4.78. The highest BCUT2D eigenvalue weighted by atomic mass is 32.2. The minimum atomic E-state index is -3.16. The van der Waals surface area contributed by atoms with E-state index in [0.29, 0.717) is 25.1 Å². The van der Waals surface area contributed by atoms with E-state index >= 15 is 0 Å². The van der Waals surface area contributed by atoms with Crippen molar-refractivity contribution in [2.45, 2.75) is 38.9 Å². The van der Waals surface area contributed by atoms with Crippen molar-refractivity contribution in [1.29, 1.82) is 0 Å². The molecule has 1 aromatic rings. The Balaban J connectivity index is 2.09. The SMILES string of the molecule is Cc1cc(C(=O)N2CCC[C@@H](S(=O)(=O)CC(C)C)C2)no1. The molecule has 1 aliphatic heterocycles. The van der Waals surface area contributed by atoms with Gasteiger partial charge in [-0.2, -0.15) is 0 Å². The van der Waals surface area contributed by atoms with Crippen molar-refractivity contribution in [2.75, 3.05) is 18.8 Å². The molecule has 118 valence electrons. The van der Waals surface area contributed by atoms with Crippen LogP contribution in [0.1, 0.15) is 42.9 Å². The molecule has 2 heterocycles. The van der Waals surface area contributed by atoms with Crippen LogP contribution in [-0.4, -0.2) is 48.5 Å². The Morgan fingerprint density at radius 3 is 2.81 bits per heavy atom. The number of carbonyl (C=O) groups excluding carboxylic acids is 1. The molecule has 1 saturated heterocycles. The van der Waals surface area contributed by atoms with Gasteiger partial charge in [-0.25, -0.2) is 8.42 Å². The van der Waals surface area contributed by atoms with Crippen LogP contribution >= 0.6 is 0 Å². The number of hydrogen-bond acceptors (Lipinski definition) is 5. The zero-order valence-electron chi connectivity index (χ0n) is 12.7. The summed E-state index contributed by atoms with van der Waals surface area (Å²) in [5, 5.41) is 3.24. The summed E-state index contributed by atoms with van der Waals surface area (Å²) < 4.78 is 29.6. The van der Waals surface area contributed by atoms with E-state index in [2.05, 4.69) is 5.16 Å². The Kier molecular flexibility index (Phi) is 4.70. The molecule has 0 radical (unpaired) electrons. The lowest BCUT2D eigenvalue weighted by molar-refractivity contribution is 0.0716. The molecule has 6 nitrogen and oxygen atoms in total. The third-order valence-electron chi connectivity index (χ3n) is 3.59. The molecule has 0 unspecified atom stereocenters. The molecule has 2 rings (SSSR count). The maximum atomic E-state index is 12.3. The summed E-state index contributed by atoms with van der Waals surface area (Å²) in [6, 6.07) is 1.58. The van der Waals surface area contributed by atoms with E-state index in [0.717, 1.165) is 0 Å². The highest BCUT2D eigenvalue weighted by Crippen LogP contribution is 2.21. The number of carbonyl (C=O) groups is 1. The molecule has 7 heteroatoms. The van der Waals surface area contributed by atoms with Gasteiger partial charge in [0.2, 0.25) is 0 Å². The molecule has 1 fully saturated rings. The third kappa shape index (κ3) is 3.84. The number of aromatic nitrogens is 1. The van der Waals surface area contributed by atoms with Crippen molar-refractivity contribution in [3.05, 3.63) is 17.5 Å². The third-order valence-corrected chi connectivity index (χ3v) is 6.12. The van der Waals surface area contributed by atoms with Gasteiger partial charge in [-0.1, -0.05) is 19.0 Å². The van der Waals surface area contributed by atoms with Crippen molar-refractivity contribution >= 4 is 15.7 Å². The molecule has 1 atom stereocenters. The van der Waals surface area contributed by atoms with Gasteiger partial charge in [0.1, 0.15) is 5.76 Å². The van der Waals surface area contributed by atoms with Crippen LogP contribution in [0.3, 0.4) is 0 Å². The number of likely N-dealkylation sites (tertiary alicyclic amines) is 1. The first-order valence-electron chi connectivity index (χ1n) is 7.23. The summed E-state index contributed by atoms with van der Waals surface area (Å²) in [4.78, 5) is 13.9. The van der Waals surface area contributed by atoms with Crippen LogP contribution in [0.25, 0.3) is 0 Å². The summed E-state index contributed by atoms with van der Waals surface area (Å²) >= 11 is 0. The largest absolute Gasteiger partial charge is 0.361 e. The quantitative estimate of drug-likeness (QED) is 0.844. The average Bonchev–Trinajstić information content (AvgIpc) is 2.83. The minimum Gasteiger partial charge on any atom is -0.361 e. The number of amides is 1. The van der Waals surface area contributed by atoms with Gasteiger partial charge in [-0.05, 0) is 25.7 Å². The maximum Gasteiger partial charge on any atom is 0.276 e. The van der Waals surface area contributed by atoms with E-state index in [1.54, 1.807) is 17.9 Å². The number of piperidine rings is 1. The van der Waals surface area contributed by atoms with Gasteiger partial charge in [0.05, 0.1) is 11.0 Å². The van der Waals surface area contributed by atoms with Gasteiger partial charge in [0.15, 0.2) is 15.5 Å². The minimum absolute atomic E-state index is 0.0965. The molecule has 0 aromatic carbocycles. The molecule has 1 amide bonds. The first kappa shape index (κ1) is 16.0. The van der Waals surface area contributed by atoms with Crippen LogP contribution in [0.2, 0.25) is 0 Å². The second-order valence-electron chi connectivity index (χ2n) is 6.06. The summed E-state index contributed by atoms with van der Waals surface area (Å²) in [5.41, 5.74) is 0.245. The molecule has 0 aliphatic carbocycles. The van der Waals surface area contributed by atoms with Gasteiger partial charge in [-0.15, -0.1) is 0 Å². The van der Waals surface area contributed by atoms with Gasteiger partial charge in [0.25, 0.3) is 5.91 Å². The van der Waals surface area contributed by atoms with Crippen LogP contribution in [-0.2, 0) is 9.84 Å². The van der Waals surface area contributed by atoms with Crippen LogP contribution in [0.15, 0.2) is 10.6 Å². The molecular formula is C14H22N2O4S. The highest BCUT2D eigenvalue weighted by Gasteiger charge is 2.33. The standard InChI is InChI=1S/C14H22N2O4S/c1-10(2)9-21(18,19)12-5-4-6-16(8-12)14(17)13-7-11(3)20-15-13/h7,10,12H,4-6,8-9H2,1-3H3/t12-/m1/s1. The maximum absolute atomic E-state index is 12.3. The Labute approximate surface area is 125 Å². The van der Waals surface area contributed by atoms with E-state index in [9.17, 15) is 13.2 Å². The number of nitrogens with zero attached hydrogens (tertiary/aromatic N) is 2. The van der Waals surface area contributed by atoms with E-state index in [1.165, 1.54) is 0 Å². The Morgan fingerprint density at radius 2 is 2.24 bits per heavy atom. The smallest absolute Gasteiger partial charge is 0.276 e. The molecular weight excluding hydrogens is 292 g/mol. The van der Waals surface area contributed by atoms with Gasteiger partial charge in [-0.3, -0.25) is 4.79 Å². The molecule has 21 heavy (non-hydrogen) atoms. The Morgan fingerprint density at radius 1 is 1.52 bits per heavy atom. The lowest BCUT2D eigenvalue weighted by atomic mass is 10.1. The van der Waals surface area contributed by atoms with Crippen molar-refractivity contribution in [3.8, 4) is 0 Å². The van der Waals surface area contributed by atoms with E-state index < -0.39 is 15.1 Å². The average molecular weight is 314 g/mol. The predicted octanol–water partition coefficient (Wildman–Crippen LogP) is 1.66. The first-order valence-corrected chi connectivity index (χ1v) is 8.95. The lowest BCUT2D eigenvalue weighted by Gasteiger charge is -2.32. The van der Waals surface area contributed by atoms with Crippen LogP contribution in [0.4, 0.5) is 0 Å². The normalized spacial score (nSPS) is 20.0. The van der Waals surface area contributed by atoms with E-state index in [4.69, 9.17) is 4.52 Å². The topological polar surface area (TPSA) is 80.5 Å². The number of hydrogen-bond donors (Lipinski definition) is 0. The number of rotatable bonds is 4. The second-order valence-corrected chi connectivity index (χ2v) is 8.39. The van der Waals surface area contributed by atoms with Crippen LogP contribution in [0, 0.1) is 12.8 Å². The van der Waals surface area contributed by atoms with Gasteiger partial charge in [0, 0.05) is 19.2 Å². The summed E-state index contributed by atoms with van der Waals surface area (Å²) in [5.74, 6) is 0.581. The fraction of sp³-hybridized carbons (Fsp3) is 0.714. The Bertz CT molecular complexity index is 606. The summed E-state index contributed by atoms with van der Waals surface area (Å²) in [6.45, 7) is 6.32. The molecule has 1 aromatic heterocycles. The predicted molar refractivity (Wildman–Crippen MR) is 78.8 cm³/mol. The fourth-order valence-electron chi connectivity index (χ4n) is 2.65. The molecule has 0 spiro atoms. The van der Waals surface area contributed by atoms with Crippen molar-refractivity contribution in [3.63, 3.8) is 0 Å². The highest BCUT2D eigenvalue weighted by molar-refractivity contribution is 7.92. The summed E-state index contributed by atoms with van der Waals surface area (Å²) in [7, 11) is -3.16. The van der Waals surface area contributed by atoms with Crippen LogP contribution in [0.5, 0.6) is 0 Å². The lowest BCUT2D eigenvalue weighted by Crippen LogP contribution is -2.46. The monoisotopic (exact) mass is 314 g/mol. The molecule has 0 bridgehead atoms. The number of sulfone groups is 1. The first-order chi connectivity index (χ1) is 9.79. The number of aryl methyl sites for hydroxylation is 1. The molecule has 0 N–H and O–H groups in total. The molecule has 0 saturated carbocycles. The van der Waals surface area contributed by atoms with Gasteiger partial charge < -0.3 is 9.42 Å². The van der Waals surface area contributed by atoms with Crippen molar-refractivity contribution in [2.24, 2.45) is 5.92 Å². The van der Waals surface area contributed by atoms with Gasteiger partial charge >= 0.3 is 0 Å². The van der Waals surface area contributed by atoms with Crippen molar-refractivity contribution in [1.82, 2.24) is 10.1 Å². The van der Waals surface area contributed by atoms with Crippen LogP contribution < -0.4 is 0 Å². The van der Waals surface area contributed by atoms with E-state index in [-0.39, 0.29) is 29.8 Å². The zero-order valence-corrected chi connectivity index (χ0v) is 13.5. The second kappa shape index (κ2) is 6.17.